The number of carbonyl (C=O) groups excluding carboxylic acids is 1. The lowest BCUT2D eigenvalue weighted by Gasteiger charge is -2.15. The molecule has 0 saturated carbocycles. The van der Waals surface area contributed by atoms with E-state index in [0.29, 0.717) is 18.7 Å². The lowest BCUT2D eigenvalue weighted by Crippen LogP contribution is -2.25. The second kappa shape index (κ2) is 5.70. The highest BCUT2D eigenvalue weighted by molar-refractivity contribution is 7.92. The molecule has 0 bridgehead atoms. The van der Waals surface area contributed by atoms with Crippen LogP contribution in [-0.2, 0) is 21.2 Å². The molecular formula is C17H18N2O3S. The lowest BCUT2D eigenvalue weighted by molar-refractivity contribution is -0.117. The first-order valence-corrected chi connectivity index (χ1v) is 8.92. The van der Waals surface area contributed by atoms with Gasteiger partial charge in [-0.25, -0.2) is 8.42 Å². The van der Waals surface area contributed by atoms with Crippen molar-refractivity contribution in [3.8, 4) is 0 Å². The first kappa shape index (κ1) is 15.6. The summed E-state index contributed by atoms with van der Waals surface area (Å²) in [4.78, 5) is 13.8. The number of aryl methyl sites for hydroxylation is 1. The van der Waals surface area contributed by atoms with E-state index in [4.69, 9.17) is 0 Å². The predicted molar refractivity (Wildman–Crippen MR) is 90.2 cm³/mol. The molecule has 0 spiro atoms. The molecule has 1 aliphatic rings. The number of nitrogens with one attached hydrogen (secondary N) is 1. The zero-order valence-electron chi connectivity index (χ0n) is 13.0. The molecule has 0 saturated heterocycles. The van der Waals surface area contributed by atoms with Gasteiger partial charge in [0.2, 0.25) is 5.91 Å². The number of anilines is 2. The van der Waals surface area contributed by atoms with E-state index in [2.05, 4.69) is 4.72 Å². The fraction of sp³-hybridized carbons (Fsp3) is 0.235. The van der Waals surface area contributed by atoms with Gasteiger partial charge in [0, 0.05) is 17.9 Å². The largest absolute Gasteiger partial charge is 0.312 e. The molecule has 0 fully saturated rings. The van der Waals surface area contributed by atoms with Gasteiger partial charge < -0.3 is 4.90 Å². The van der Waals surface area contributed by atoms with E-state index < -0.39 is 10.0 Å². The topological polar surface area (TPSA) is 66.5 Å². The Morgan fingerprint density at radius 2 is 1.83 bits per heavy atom. The minimum absolute atomic E-state index is 0.0426. The molecule has 6 heteroatoms. The van der Waals surface area contributed by atoms with Gasteiger partial charge in [-0.05, 0) is 49.7 Å². The average Bonchev–Trinajstić information content (AvgIpc) is 2.81. The van der Waals surface area contributed by atoms with E-state index in [1.54, 1.807) is 47.4 Å². The zero-order chi connectivity index (χ0) is 16.6. The quantitative estimate of drug-likeness (QED) is 0.937. The number of nitrogens with zero attached hydrogens (tertiary/aromatic N) is 1. The number of amides is 1. The summed E-state index contributed by atoms with van der Waals surface area (Å²) in [5.74, 6) is 0.0426. The smallest absolute Gasteiger partial charge is 0.261 e. The Balaban J connectivity index is 1.88. The van der Waals surface area contributed by atoms with E-state index in [9.17, 15) is 13.2 Å². The standard InChI is InChI=1S/C17H18N2O3S/c1-3-19-16-9-6-14(10-13(16)11-17(19)20)18-23(21,22)15-7-4-12(2)5-8-15/h4-10,18H,3,11H2,1-2H3. The van der Waals surface area contributed by atoms with Crippen LogP contribution in [0.2, 0.25) is 0 Å². The van der Waals surface area contributed by atoms with Gasteiger partial charge in [0.25, 0.3) is 10.0 Å². The predicted octanol–water partition coefficient (Wildman–Crippen LogP) is 2.70. The van der Waals surface area contributed by atoms with Gasteiger partial charge in [-0.3, -0.25) is 9.52 Å². The molecule has 0 unspecified atom stereocenters. The van der Waals surface area contributed by atoms with Crippen molar-refractivity contribution in [2.24, 2.45) is 0 Å². The molecule has 1 N–H and O–H groups in total. The van der Waals surface area contributed by atoms with E-state index in [1.165, 1.54) is 0 Å². The van der Waals surface area contributed by atoms with Crippen LogP contribution in [0.15, 0.2) is 47.4 Å². The maximum atomic E-state index is 12.4. The monoisotopic (exact) mass is 330 g/mol. The van der Waals surface area contributed by atoms with Crippen molar-refractivity contribution in [3.05, 3.63) is 53.6 Å². The van der Waals surface area contributed by atoms with Crippen LogP contribution in [0, 0.1) is 6.92 Å². The summed E-state index contributed by atoms with van der Waals surface area (Å²) >= 11 is 0. The molecular weight excluding hydrogens is 312 g/mol. The van der Waals surface area contributed by atoms with Gasteiger partial charge in [-0.15, -0.1) is 0 Å². The number of likely N-dealkylation sites (N-methyl/N-ethyl adjacent to an activating group) is 1. The molecule has 0 atom stereocenters. The van der Waals surface area contributed by atoms with E-state index >= 15 is 0 Å². The van der Waals surface area contributed by atoms with Crippen molar-refractivity contribution >= 4 is 27.3 Å². The van der Waals surface area contributed by atoms with Crippen LogP contribution in [0.5, 0.6) is 0 Å². The molecule has 1 aliphatic heterocycles. The van der Waals surface area contributed by atoms with Crippen molar-refractivity contribution < 1.29 is 13.2 Å². The first-order chi connectivity index (χ1) is 10.9. The van der Waals surface area contributed by atoms with E-state index in [1.807, 2.05) is 13.8 Å². The Labute approximate surface area is 136 Å². The molecule has 120 valence electrons. The molecule has 1 amide bonds. The molecule has 0 radical (unpaired) electrons. The third kappa shape index (κ3) is 2.94. The number of fused-ring (bicyclic) bond motifs is 1. The molecule has 3 rings (SSSR count). The van der Waals surface area contributed by atoms with Crippen molar-refractivity contribution in [1.29, 1.82) is 0 Å². The Bertz CT molecular complexity index is 858. The lowest BCUT2D eigenvalue weighted by atomic mass is 10.1. The van der Waals surface area contributed by atoms with Gasteiger partial charge in [-0.2, -0.15) is 0 Å². The zero-order valence-corrected chi connectivity index (χ0v) is 13.9. The number of carbonyl (C=O) groups is 1. The minimum Gasteiger partial charge on any atom is -0.312 e. The van der Waals surface area contributed by atoms with Crippen LogP contribution in [0.1, 0.15) is 18.1 Å². The number of hydrogen-bond acceptors (Lipinski definition) is 3. The Morgan fingerprint density at radius 3 is 2.48 bits per heavy atom. The average molecular weight is 330 g/mol. The number of rotatable bonds is 4. The minimum atomic E-state index is -3.63. The second-order valence-corrected chi connectivity index (χ2v) is 7.26. The number of sulfonamides is 1. The van der Waals surface area contributed by atoms with Crippen LogP contribution in [-0.4, -0.2) is 20.9 Å². The van der Waals surface area contributed by atoms with Crippen LogP contribution >= 0.6 is 0 Å². The molecule has 1 heterocycles. The molecule has 23 heavy (non-hydrogen) atoms. The van der Waals surface area contributed by atoms with Crippen LogP contribution in [0.3, 0.4) is 0 Å². The maximum Gasteiger partial charge on any atom is 0.261 e. The van der Waals surface area contributed by atoms with Crippen LogP contribution in [0.25, 0.3) is 0 Å². The van der Waals surface area contributed by atoms with Gasteiger partial charge in [0.1, 0.15) is 0 Å². The molecule has 2 aromatic rings. The van der Waals surface area contributed by atoms with Crippen molar-refractivity contribution in [2.75, 3.05) is 16.2 Å². The molecule has 2 aromatic carbocycles. The highest BCUT2D eigenvalue weighted by Crippen LogP contribution is 2.31. The van der Waals surface area contributed by atoms with Gasteiger partial charge in [-0.1, -0.05) is 17.7 Å². The van der Waals surface area contributed by atoms with Crippen LogP contribution in [0.4, 0.5) is 11.4 Å². The molecule has 0 aliphatic carbocycles. The summed E-state index contributed by atoms with van der Waals surface area (Å²) in [6.07, 6.45) is 0.309. The fourth-order valence-electron chi connectivity index (χ4n) is 2.72. The third-order valence-corrected chi connectivity index (χ3v) is 5.31. The first-order valence-electron chi connectivity index (χ1n) is 7.43. The van der Waals surface area contributed by atoms with Crippen molar-refractivity contribution in [1.82, 2.24) is 0 Å². The summed E-state index contributed by atoms with van der Waals surface area (Å²) < 4.78 is 27.4. The van der Waals surface area contributed by atoms with Crippen molar-refractivity contribution in [3.63, 3.8) is 0 Å². The Morgan fingerprint density at radius 1 is 1.13 bits per heavy atom. The number of hydrogen-bond donors (Lipinski definition) is 1. The Kier molecular flexibility index (Phi) is 3.85. The highest BCUT2D eigenvalue weighted by Gasteiger charge is 2.26. The fourth-order valence-corrected chi connectivity index (χ4v) is 3.77. The third-order valence-electron chi connectivity index (χ3n) is 3.91. The normalized spacial score (nSPS) is 14.0. The van der Waals surface area contributed by atoms with Crippen molar-refractivity contribution in [2.45, 2.75) is 25.2 Å². The SMILES string of the molecule is CCN1C(=O)Cc2cc(NS(=O)(=O)c3ccc(C)cc3)ccc21. The summed E-state index contributed by atoms with van der Waals surface area (Å²) in [5, 5.41) is 0. The van der Waals surface area contributed by atoms with Gasteiger partial charge >= 0.3 is 0 Å². The van der Waals surface area contributed by atoms with Crippen LogP contribution < -0.4 is 9.62 Å². The van der Waals surface area contributed by atoms with E-state index in [0.717, 1.165) is 16.8 Å². The molecule has 5 nitrogen and oxygen atoms in total. The number of benzene rings is 2. The van der Waals surface area contributed by atoms with Gasteiger partial charge in [0.15, 0.2) is 0 Å². The maximum absolute atomic E-state index is 12.4. The molecule has 0 aromatic heterocycles. The Hall–Kier alpha value is -2.34. The summed E-state index contributed by atoms with van der Waals surface area (Å²) in [5.41, 5.74) is 3.17. The summed E-state index contributed by atoms with van der Waals surface area (Å²) in [6, 6.07) is 11.9. The highest BCUT2D eigenvalue weighted by atomic mass is 32.2. The summed E-state index contributed by atoms with van der Waals surface area (Å²) in [6.45, 7) is 4.43. The van der Waals surface area contributed by atoms with E-state index in [-0.39, 0.29) is 10.8 Å². The van der Waals surface area contributed by atoms with Gasteiger partial charge in [0.05, 0.1) is 11.3 Å². The second-order valence-electron chi connectivity index (χ2n) is 5.58. The summed E-state index contributed by atoms with van der Waals surface area (Å²) in [7, 11) is -3.63.